The average molecular weight is 259 g/mol. The Bertz CT molecular complexity index is 441. The number of benzene rings is 1. The van der Waals surface area contributed by atoms with Crippen molar-refractivity contribution in [3.63, 3.8) is 0 Å². The van der Waals surface area contributed by atoms with Gasteiger partial charge in [-0.2, -0.15) is 0 Å². The number of ether oxygens (including phenoxy) is 2. The minimum absolute atomic E-state index is 0.0118. The molecule has 0 aliphatic rings. The number of carboxylic acid groups (broad SMARTS) is 1. The summed E-state index contributed by atoms with van der Waals surface area (Å²) in [7, 11) is 2.93. The molecule has 17 heavy (non-hydrogen) atoms. The van der Waals surface area contributed by atoms with Gasteiger partial charge in [0, 0.05) is 5.56 Å². The van der Waals surface area contributed by atoms with Crippen LogP contribution in [0.15, 0.2) is 6.07 Å². The number of aromatic carboxylic acids is 1. The van der Waals surface area contributed by atoms with Crippen molar-refractivity contribution in [2.75, 3.05) is 14.2 Å². The van der Waals surface area contributed by atoms with Crippen LogP contribution in [-0.4, -0.2) is 25.3 Å². The number of hydrogen-bond acceptors (Lipinski definition) is 3. The van der Waals surface area contributed by atoms with Gasteiger partial charge in [-0.25, -0.2) is 4.79 Å². The van der Waals surface area contributed by atoms with Gasteiger partial charge in [0.15, 0.2) is 11.5 Å². The fourth-order valence-electron chi connectivity index (χ4n) is 1.77. The zero-order valence-corrected chi connectivity index (χ0v) is 11.0. The van der Waals surface area contributed by atoms with Crippen LogP contribution in [0, 0.1) is 0 Å². The summed E-state index contributed by atoms with van der Waals surface area (Å²) in [5, 5.41) is 9.40. The molecule has 0 radical (unpaired) electrons. The Morgan fingerprint density at radius 2 is 1.82 bits per heavy atom. The topological polar surface area (TPSA) is 55.8 Å². The van der Waals surface area contributed by atoms with Crippen LogP contribution in [0.5, 0.6) is 11.5 Å². The molecule has 0 saturated heterocycles. The van der Waals surface area contributed by atoms with Crippen molar-refractivity contribution >= 4 is 17.6 Å². The summed E-state index contributed by atoms with van der Waals surface area (Å²) in [6, 6.07) is 1.39. The number of methoxy groups -OCH3 is 2. The molecule has 0 heterocycles. The number of carboxylic acids is 1. The summed E-state index contributed by atoms with van der Waals surface area (Å²) in [5.41, 5.74) is 0.726. The van der Waals surface area contributed by atoms with Gasteiger partial charge in [0.1, 0.15) is 0 Å². The van der Waals surface area contributed by atoms with Crippen molar-refractivity contribution in [3.05, 3.63) is 22.2 Å². The predicted octanol–water partition coefficient (Wildman–Crippen LogP) is 3.18. The van der Waals surface area contributed by atoms with E-state index in [1.165, 1.54) is 20.3 Å². The quantitative estimate of drug-likeness (QED) is 0.901. The minimum atomic E-state index is -1.03. The summed E-state index contributed by atoms with van der Waals surface area (Å²) < 4.78 is 10.4. The third-order valence-electron chi connectivity index (χ3n) is 2.45. The zero-order chi connectivity index (χ0) is 13.2. The molecule has 0 spiro atoms. The first-order valence-electron chi connectivity index (χ1n) is 5.11. The maximum absolute atomic E-state index is 11.2. The second-order valence-electron chi connectivity index (χ2n) is 3.85. The smallest absolute Gasteiger partial charge is 0.336 e. The standard InChI is InChI=1S/C12H15ClO4/c1-6(2)9-7(12(14)15)5-8(13)10(16-3)11(9)17-4/h5-6H,1-4H3,(H,14,15). The molecule has 0 unspecified atom stereocenters. The molecule has 0 bridgehead atoms. The lowest BCUT2D eigenvalue weighted by Gasteiger charge is -2.18. The Balaban J connectivity index is 3.65. The Hall–Kier alpha value is -1.42. The van der Waals surface area contributed by atoms with Gasteiger partial charge in [0.25, 0.3) is 0 Å². The lowest BCUT2D eigenvalue weighted by molar-refractivity contribution is 0.0694. The van der Waals surface area contributed by atoms with Crippen molar-refractivity contribution < 1.29 is 19.4 Å². The highest BCUT2D eigenvalue weighted by Crippen LogP contribution is 2.43. The van der Waals surface area contributed by atoms with Crippen LogP contribution in [0.25, 0.3) is 0 Å². The van der Waals surface area contributed by atoms with Gasteiger partial charge in [-0.1, -0.05) is 25.4 Å². The number of hydrogen-bond donors (Lipinski definition) is 1. The normalized spacial score (nSPS) is 10.5. The zero-order valence-electron chi connectivity index (χ0n) is 10.2. The molecular formula is C12H15ClO4. The van der Waals surface area contributed by atoms with Gasteiger partial charge < -0.3 is 14.6 Å². The summed E-state index contributed by atoms with van der Waals surface area (Å²) in [5.74, 6) is -0.297. The van der Waals surface area contributed by atoms with Crippen molar-refractivity contribution in [1.82, 2.24) is 0 Å². The number of carbonyl (C=O) groups is 1. The molecule has 0 saturated carbocycles. The van der Waals surface area contributed by atoms with Gasteiger partial charge in [-0.3, -0.25) is 0 Å². The minimum Gasteiger partial charge on any atom is -0.492 e. The molecule has 0 aromatic heterocycles. The van der Waals surface area contributed by atoms with Crippen molar-refractivity contribution in [3.8, 4) is 11.5 Å². The maximum Gasteiger partial charge on any atom is 0.336 e. The van der Waals surface area contributed by atoms with Crippen molar-refractivity contribution in [2.24, 2.45) is 0 Å². The summed E-state index contributed by atoms with van der Waals surface area (Å²) in [6.07, 6.45) is 0. The van der Waals surface area contributed by atoms with Gasteiger partial charge in [-0.15, -0.1) is 0 Å². The van der Waals surface area contributed by atoms with Crippen LogP contribution in [-0.2, 0) is 0 Å². The molecule has 1 rings (SSSR count). The Labute approximate surface area is 105 Å². The third kappa shape index (κ3) is 2.47. The van der Waals surface area contributed by atoms with E-state index < -0.39 is 5.97 Å². The molecule has 0 amide bonds. The first-order chi connectivity index (χ1) is 7.93. The molecule has 1 aromatic carbocycles. The highest BCUT2D eigenvalue weighted by atomic mass is 35.5. The molecule has 0 aliphatic carbocycles. The molecule has 0 aliphatic heterocycles. The fraction of sp³-hybridized carbons (Fsp3) is 0.417. The van der Waals surface area contributed by atoms with E-state index in [9.17, 15) is 4.79 Å². The van der Waals surface area contributed by atoms with E-state index in [4.69, 9.17) is 26.2 Å². The van der Waals surface area contributed by atoms with Gasteiger partial charge in [0.2, 0.25) is 0 Å². The highest BCUT2D eigenvalue weighted by molar-refractivity contribution is 6.32. The van der Waals surface area contributed by atoms with Crippen molar-refractivity contribution in [2.45, 2.75) is 19.8 Å². The lowest BCUT2D eigenvalue weighted by Crippen LogP contribution is -2.08. The SMILES string of the molecule is COc1c(Cl)cc(C(=O)O)c(C(C)C)c1OC. The second kappa shape index (κ2) is 5.27. The average Bonchev–Trinajstić information content (AvgIpc) is 2.26. The molecule has 5 heteroatoms. The Kier molecular flexibility index (Phi) is 4.23. The Morgan fingerprint density at radius 1 is 1.29 bits per heavy atom. The number of rotatable bonds is 4. The van der Waals surface area contributed by atoms with E-state index in [-0.39, 0.29) is 16.5 Å². The molecule has 1 aromatic rings. The van der Waals surface area contributed by atoms with Gasteiger partial charge >= 0.3 is 5.97 Å². The molecular weight excluding hydrogens is 244 g/mol. The van der Waals surface area contributed by atoms with Crippen LogP contribution < -0.4 is 9.47 Å². The van der Waals surface area contributed by atoms with Crippen LogP contribution in [0.4, 0.5) is 0 Å². The monoisotopic (exact) mass is 258 g/mol. The molecule has 0 fully saturated rings. The fourth-order valence-corrected chi connectivity index (χ4v) is 2.04. The van der Waals surface area contributed by atoms with E-state index in [0.29, 0.717) is 17.1 Å². The highest BCUT2D eigenvalue weighted by Gasteiger charge is 2.24. The van der Waals surface area contributed by atoms with Gasteiger partial charge in [0.05, 0.1) is 24.8 Å². The van der Waals surface area contributed by atoms with Crippen LogP contribution in [0.2, 0.25) is 5.02 Å². The van der Waals surface area contributed by atoms with Crippen molar-refractivity contribution in [1.29, 1.82) is 0 Å². The molecule has 0 atom stereocenters. The van der Waals surface area contributed by atoms with E-state index in [2.05, 4.69) is 0 Å². The largest absolute Gasteiger partial charge is 0.492 e. The summed E-state index contributed by atoms with van der Waals surface area (Å²) in [4.78, 5) is 11.2. The predicted molar refractivity (Wildman–Crippen MR) is 65.6 cm³/mol. The van der Waals surface area contributed by atoms with E-state index in [0.717, 1.165) is 0 Å². The van der Waals surface area contributed by atoms with E-state index in [1.54, 1.807) is 0 Å². The first-order valence-corrected chi connectivity index (χ1v) is 5.49. The number of halogens is 1. The second-order valence-corrected chi connectivity index (χ2v) is 4.25. The van der Waals surface area contributed by atoms with Crippen LogP contribution in [0.1, 0.15) is 35.7 Å². The van der Waals surface area contributed by atoms with E-state index in [1.807, 2.05) is 13.8 Å². The molecule has 1 N–H and O–H groups in total. The van der Waals surface area contributed by atoms with Crippen LogP contribution in [0.3, 0.4) is 0 Å². The molecule has 4 nitrogen and oxygen atoms in total. The summed E-state index contributed by atoms with van der Waals surface area (Å²) in [6.45, 7) is 3.77. The van der Waals surface area contributed by atoms with Crippen LogP contribution >= 0.6 is 11.6 Å². The van der Waals surface area contributed by atoms with E-state index >= 15 is 0 Å². The van der Waals surface area contributed by atoms with Gasteiger partial charge in [-0.05, 0) is 12.0 Å². The third-order valence-corrected chi connectivity index (χ3v) is 2.73. The lowest BCUT2D eigenvalue weighted by atomic mass is 9.95. The first kappa shape index (κ1) is 13.6. The molecule has 94 valence electrons. The maximum atomic E-state index is 11.2. The summed E-state index contributed by atoms with van der Waals surface area (Å²) >= 11 is 5.97. The Morgan fingerprint density at radius 3 is 2.18 bits per heavy atom.